The van der Waals surface area contributed by atoms with Gasteiger partial charge >= 0.3 is 0 Å². The molecule has 1 amide bonds. The molecule has 116 valence electrons. The van der Waals surface area contributed by atoms with Crippen molar-refractivity contribution in [1.29, 1.82) is 0 Å². The van der Waals surface area contributed by atoms with Crippen LogP contribution in [0.5, 0.6) is 0 Å². The molecule has 2 saturated heterocycles. The molecule has 2 aliphatic heterocycles. The molecule has 0 aromatic heterocycles. The summed E-state index contributed by atoms with van der Waals surface area (Å²) < 4.78 is 10.9. The first-order chi connectivity index (χ1) is 9.68. The molecule has 2 rings (SSSR count). The van der Waals surface area contributed by atoms with Crippen LogP contribution in [0.1, 0.15) is 25.7 Å². The fourth-order valence-corrected chi connectivity index (χ4v) is 3.43. The van der Waals surface area contributed by atoms with E-state index in [1.807, 2.05) is 11.9 Å². The van der Waals surface area contributed by atoms with Gasteiger partial charge in [-0.2, -0.15) is 0 Å². The first-order valence-electron chi connectivity index (χ1n) is 7.71. The van der Waals surface area contributed by atoms with E-state index in [0.717, 1.165) is 58.5 Å². The Kier molecular flexibility index (Phi) is 5.81. The minimum Gasteiger partial charge on any atom is -0.384 e. The standard InChI is InChI=1S/C15H28N2O3/c1-17(10-13-4-3-9-20-11-13)14(18)15(12-19-2)5-7-16-8-6-15/h13,16H,3-12H2,1-2H3. The third-order valence-corrected chi connectivity index (χ3v) is 4.57. The monoisotopic (exact) mass is 284 g/mol. The highest BCUT2D eigenvalue weighted by atomic mass is 16.5. The molecule has 5 heteroatoms. The lowest BCUT2D eigenvalue weighted by Gasteiger charge is -2.39. The second-order valence-electron chi connectivity index (χ2n) is 6.23. The zero-order valence-corrected chi connectivity index (χ0v) is 12.8. The van der Waals surface area contributed by atoms with Crippen LogP contribution in [0.3, 0.4) is 0 Å². The van der Waals surface area contributed by atoms with E-state index in [9.17, 15) is 4.79 Å². The van der Waals surface area contributed by atoms with Crippen molar-refractivity contribution in [3.8, 4) is 0 Å². The van der Waals surface area contributed by atoms with Crippen molar-refractivity contribution in [1.82, 2.24) is 10.2 Å². The van der Waals surface area contributed by atoms with Crippen molar-refractivity contribution in [2.24, 2.45) is 11.3 Å². The average Bonchev–Trinajstić information content (AvgIpc) is 2.48. The topological polar surface area (TPSA) is 50.8 Å². The lowest BCUT2D eigenvalue weighted by Crippen LogP contribution is -2.51. The number of nitrogens with one attached hydrogen (secondary N) is 1. The zero-order chi connectivity index (χ0) is 14.4. The Hall–Kier alpha value is -0.650. The number of hydrogen-bond donors (Lipinski definition) is 1. The molecule has 20 heavy (non-hydrogen) atoms. The second kappa shape index (κ2) is 7.38. The molecule has 1 N–H and O–H groups in total. The van der Waals surface area contributed by atoms with Crippen LogP contribution in [0.15, 0.2) is 0 Å². The summed E-state index contributed by atoms with van der Waals surface area (Å²) >= 11 is 0. The van der Waals surface area contributed by atoms with Gasteiger partial charge in [0.25, 0.3) is 0 Å². The van der Waals surface area contributed by atoms with Crippen molar-refractivity contribution in [2.45, 2.75) is 25.7 Å². The number of methoxy groups -OCH3 is 1. The fourth-order valence-electron chi connectivity index (χ4n) is 3.43. The highest BCUT2D eigenvalue weighted by molar-refractivity contribution is 5.83. The van der Waals surface area contributed by atoms with Gasteiger partial charge in [0.15, 0.2) is 0 Å². The van der Waals surface area contributed by atoms with Gasteiger partial charge in [0.1, 0.15) is 0 Å². The van der Waals surface area contributed by atoms with Crippen LogP contribution in [0.25, 0.3) is 0 Å². The summed E-state index contributed by atoms with van der Waals surface area (Å²) in [6.07, 6.45) is 4.01. The lowest BCUT2D eigenvalue weighted by molar-refractivity contribution is -0.147. The van der Waals surface area contributed by atoms with Crippen molar-refractivity contribution < 1.29 is 14.3 Å². The summed E-state index contributed by atoms with van der Waals surface area (Å²) in [7, 11) is 3.61. The van der Waals surface area contributed by atoms with Gasteiger partial charge in [-0.25, -0.2) is 0 Å². The van der Waals surface area contributed by atoms with Gasteiger partial charge in [-0.05, 0) is 44.7 Å². The number of piperidine rings is 1. The van der Waals surface area contributed by atoms with Crippen LogP contribution in [0, 0.1) is 11.3 Å². The molecule has 0 bridgehead atoms. The number of ether oxygens (including phenoxy) is 2. The van der Waals surface area contributed by atoms with Crippen molar-refractivity contribution >= 4 is 5.91 Å². The van der Waals surface area contributed by atoms with E-state index in [2.05, 4.69) is 5.32 Å². The summed E-state index contributed by atoms with van der Waals surface area (Å²) in [5.41, 5.74) is -0.329. The molecule has 2 fully saturated rings. The van der Waals surface area contributed by atoms with Gasteiger partial charge in [0.2, 0.25) is 5.91 Å². The third kappa shape index (κ3) is 3.71. The molecule has 1 unspecified atom stereocenters. The van der Waals surface area contributed by atoms with Crippen LogP contribution < -0.4 is 5.32 Å². The normalized spacial score (nSPS) is 26.2. The van der Waals surface area contributed by atoms with E-state index in [0.29, 0.717) is 12.5 Å². The van der Waals surface area contributed by atoms with E-state index in [-0.39, 0.29) is 11.3 Å². The molecule has 0 aromatic carbocycles. The summed E-state index contributed by atoms with van der Waals surface area (Å²) in [5, 5.41) is 3.33. The first kappa shape index (κ1) is 15.7. The van der Waals surface area contributed by atoms with Gasteiger partial charge < -0.3 is 19.7 Å². The Morgan fingerprint density at radius 2 is 2.20 bits per heavy atom. The molecule has 0 radical (unpaired) electrons. The van der Waals surface area contributed by atoms with Crippen molar-refractivity contribution in [2.75, 3.05) is 53.6 Å². The maximum atomic E-state index is 12.9. The van der Waals surface area contributed by atoms with E-state index in [1.54, 1.807) is 7.11 Å². The van der Waals surface area contributed by atoms with Gasteiger partial charge in [0.05, 0.1) is 18.6 Å². The highest BCUT2D eigenvalue weighted by Crippen LogP contribution is 2.31. The Bertz CT molecular complexity index is 305. The summed E-state index contributed by atoms with van der Waals surface area (Å²) in [6, 6.07) is 0. The predicted molar refractivity (Wildman–Crippen MR) is 77.6 cm³/mol. The molecule has 1 atom stereocenters. The molecule has 5 nitrogen and oxygen atoms in total. The van der Waals surface area contributed by atoms with Crippen molar-refractivity contribution in [3.05, 3.63) is 0 Å². The predicted octanol–water partition coefficient (Wildman–Crippen LogP) is 0.888. The van der Waals surface area contributed by atoms with Crippen LogP contribution in [0.2, 0.25) is 0 Å². The van der Waals surface area contributed by atoms with Crippen LogP contribution >= 0.6 is 0 Å². The summed E-state index contributed by atoms with van der Waals surface area (Å²) in [6.45, 7) is 4.78. The molecule has 0 aromatic rings. The first-order valence-corrected chi connectivity index (χ1v) is 7.71. The largest absolute Gasteiger partial charge is 0.384 e. The van der Waals surface area contributed by atoms with Crippen LogP contribution in [0.4, 0.5) is 0 Å². The van der Waals surface area contributed by atoms with E-state index in [1.165, 1.54) is 0 Å². The molecular weight excluding hydrogens is 256 g/mol. The van der Waals surface area contributed by atoms with Crippen LogP contribution in [-0.4, -0.2) is 64.4 Å². The minimum atomic E-state index is -0.329. The molecule has 0 spiro atoms. The van der Waals surface area contributed by atoms with Gasteiger partial charge in [-0.15, -0.1) is 0 Å². The molecule has 2 heterocycles. The maximum Gasteiger partial charge on any atom is 0.230 e. The van der Waals surface area contributed by atoms with Gasteiger partial charge in [0, 0.05) is 27.3 Å². The Labute approximate surface area is 122 Å². The smallest absolute Gasteiger partial charge is 0.230 e. The van der Waals surface area contributed by atoms with Crippen molar-refractivity contribution in [3.63, 3.8) is 0 Å². The lowest BCUT2D eigenvalue weighted by atomic mass is 9.78. The summed E-state index contributed by atoms with van der Waals surface area (Å²) in [4.78, 5) is 14.8. The van der Waals surface area contributed by atoms with Gasteiger partial charge in [-0.3, -0.25) is 4.79 Å². The van der Waals surface area contributed by atoms with E-state index >= 15 is 0 Å². The van der Waals surface area contributed by atoms with E-state index in [4.69, 9.17) is 9.47 Å². The van der Waals surface area contributed by atoms with E-state index < -0.39 is 0 Å². The number of amides is 1. The third-order valence-electron chi connectivity index (χ3n) is 4.57. The van der Waals surface area contributed by atoms with Gasteiger partial charge in [-0.1, -0.05) is 0 Å². The number of carbonyl (C=O) groups excluding carboxylic acids is 1. The molecule has 0 saturated carbocycles. The maximum absolute atomic E-state index is 12.9. The highest BCUT2D eigenvalue weighted by Gasteiger charge is 2.41. The Morgan fingerprint density at radius 1 is 1.45 bits per heavy atom. The number of carbonyl (C=O) groups is 1. The van der Waals surface area contributed by atoms with Crippen LogP contribution in [-0.2, 0) is 14.3 Å². The molecular formula is C15H28N2O3. The number of rotatable bonds is 5. The number of hydrogen-bond acceptors (Lipinski definition) is 4. The Morgan fingerprint density at radius 3 is 2.80 bits per heavy atom. The second-order valence-corrected chi connectivity index (χ2v) is 6.23. The zero-order valence-electron chi connectivity index (χ0n) is 12.8. The molecule has 2 aliphatic rings. The number of nitrogens with zero attached hydrogens (tertiary/aromatic N) is 1. The quantitative estimate of drug-likeness (QED) is 0.814. The summed E-state index contributed by atoms with van der Waals surface area (Å²) in [5.74, 6) is 0.727. The minimum absolute atomic E-state index is 0.242. The average molecular weight is 284 g/mol. The molecule has 0 aliphatic carbocycles. The fraction of sp³-hybridized carbons (Fsp3) is 0.933. The SMILES string of the molecule is COCC1(C(=O)N(C)CC2CCCOC2)CCNCC1. The Balaban J connectivity index is 1.95.